The fourth-order valence-electron chi connectivity index (χ4n) is 3.06. The van der Waals surface area contributed by atoms with Crippen molar-refractivity contribution in [2.24, 2.45) is 11.7 Å². The van der Waals surface area contributed by atoms with E-state index in [1.807, 2.05) is 0 Å². The molecule has 0 spiro atoms. The van der Waals surface area contributed by atoms with Gasteiger partial charge < -0.3 is 10.8 Å². The number of hydrogen-bond donors (Lipinski definition) is 2. The Morgan fingerprint density at radius 1 is 1.14 bits per heavy atom. The molecule has 1 aromatic carbocycles. The van der Waals surface area contributed by atoms with Crippen LogP contribution in [-0.4, -0.2) is 11.2 Å². The Kier molecular flexibility index (Phi) is 6.65. The summed E-state index contributed by atoms with van der Waals surface area (Å²) in [5.41, 5.74) is 4.04. The molecule has 7 heteroatoms. The van der Waals surface area contributed by atoms with Crippen LogP contribution in [0.25, 0.3) is 0 Å². The monoisotopic (exact) mass is 341 g/mol. The van der Waals surface area contributed by atoms with Crippen LogP contribution in [0.2, 0.25) is 0 Å². The summed E-state index contributed by atoms with van der Waals surface area (Å²) >= 11 is 0. The SMILES string of the molecule is Cl.N[C@H](c1c(F)cccc1C(F)(F)F)[C@@H](O)C1CCCCC1. The summed E-state index contributed by atoms with van der Waals surface area (Å²) in [6.07, 6.45) is -1.55. The number of aliphatic hydroxyl groups is 1. The highest BCUT2D eigenvalue weighted by atomic mass is 35.5. The number of nitrogens with two attached hydrogens (primary N) is 1. The van der Waals surface area contributed by atoms with Crippen molar-refractivity contribution in [3.05, 3.63) is 35.1 Å². The second kappa shape index (κ2) is 7.62. The van der Waals surface area contributed by atoms with Crippen molar-refractivity contribution in [2.75, 3.05) is 0 Å². The van der Waals surface area contributed by atoms with Gasteiger partial charge in [-0.2, -0.15) is 13.2 Å². The van der Waals surface area contributed by atoms with Crippen LogP contribution >= 0.6 is 12.4 Å². The lowest BCUT2D eigenvalue weighted by atomic mass is 9.80. The molecule has 0 bridgehead atoms. The third-order valence-electron chi connectivity index (χ3n) is 4.19. The first kappa shape index (κ1) is 19.2. The van der Waals surface area contributed by atoms with Gasteiger partial charge in [0.25, 0.3) is 0 Å². The molecule has 1 saturated carbocycles. The lowest BCUT2D eigenvalue weighted by Crippen LogP contribution is -2.36. The Hall–Kier alpha value is -0.850. The van der Waals surface area contributed by atoms with Crippen LogP contribution in [0.3, 0.4) is 0 Å². The van der Waals surface area contributed by atoms with Gasteiger partial charge in [-0.25, -0.2) is 4.39 Å². The fraction of sp³-hybridized carbons (Fsp3) is 0.600. The first-order chi connectivity index (χ1) is 9.82. The van der Waals surface area contributed by atoms with E-state index in [-0.39, 0.29) is 18.3 Å². The largest absolute Gasteiger partial charge is 0.416 e. The van der Waals surface area contributed by atoms with Gasteiger partial charge in [-0.05, 0) is 30.9 Å². The Balaban J connectivity index is 0.00000242. The molecular weight excluding hydrogens is 322 g/mol. The highest BCUT2D eigenvalue weighted by Crippen LogP contribution is 2.38. The third-order valence-corrected chi connectivity index (χ3v) is 4.19. The maximum atomic E-state index is 13.9. The minimum absolute atomic E-state index is 0. The average Bonchev–Trinajstić information content (AvgIpc) is 2.45. The zero-order valence-corrected chi connectivity index (χ0v) is 12.8. The van der Waals surface area contributed by atoms with E-state index in [1.165, 1.54) is 0 Å². The predicted molar refractivity (Wildman–Crippen MR) is 78.2 cm³/mol. The topological polar surface area (TPSA) is 46.2 Å². The van der Waals surface area contributed by atoms with Gasteiger partial charge in [-0.3, -0.25) is 0 Å². The molecule has 1 aliphatic carbocycles. The quantitative estimate of drug-likeness (QED) is 0.809. The van der Waals surface area contributed by atoms with E-state index >= 15 is 0 Å². The zero-order valence-electron chi connectivity index (χ0n) is 11.9. The van der Waals surface area contributed by atoms with E-state index in [0.717, 1.165) is 37.5 Å². The van der Waals surface area contributed by atoms with Crippen LogP contribution < -0.4 is 5.73 Å². The number of rotatable bonds is 3. The Labute approximate surface area is 133 Å². The van der Waals surface area contributed by atoms with Gasteiger partial charge in [0.1, 0.15) is 5.82 Å². The van der Waals surface area contributed by atoms with Crippen LogP contribution in [0.5, 0.6) is 0 Å². The van der Waals surface area contributed by atoms with Crippen LogP contribution in [0, 0.1) is 11.7 Å². The molecule has 2 rings (SSSR count). The van der Waals surface area contributed by atoms with Gasteiger partial charge >= 0.3 is 6.18 Å². The average molecular weight is 342 g/mol. The summed E-state index contributed by atoms with van der Waals surface area (Å²) in [6, 6.07) is 1.37. The molecule has 0 amide bonds. The molecule has 2 atom stereocenters. The van der Waals surface area contributed by atoms with E-state index in [4.69, 9.17) is 5.73 Å². The van der Waals surface area contributed by atoms with Crippen molar-refractivity contribution < 1.29 is 22.7 Å². The Morgan fingerprint density at radius 2 is 1.73 bits per heavy atom. The predicted octanol–water partition coefficient (Wildman–Crippen LogP) is 4.21. The molecule has 0 aliphatic heterocycles. The lowest BCUT2D eigenvalue weighted by molar-refractivity contribution is -0.139. The minimum Gasteiger partial charge on any atom is -0.391 e. The number of aliphatic hydroxyl groups excluding tert-OH is 1. The number of hydrogen-bond acceptors (Lipinski definition) is 2. The van der Waals surface area contributed by atoms with Gasteiger partial charge in [0.15, 0.2) is 0 Å². The molecule has 1 fully saturated rings. The maximum absolute atomic E-state index is 13.9. The molecule has 0 heterocycles. The molecule has 22 heavy (non-hydrogen) atoms. The molecule has 3 N–H and O–H groups in total. The summed E-state index contributed by atoms with van der Waals surface area (Å²) < 4.78 is 52.8. The van der Waals surface area contributed by atoms with Gasteiger partial charge in [0, 0.05) is 5.56 Å². The van der Waals surface area contributed by atoms with E-state index in [9.17, 15) is 22.7 Å². The molecule has 1 aliphatic rings. The molecule has 126 valence electrons. The van der Waals surface area contributed by atoms with Crippen molar-refractivity contribution in [1.82, 2.24) is 0 Å². The van der Waals surface area contributed by atoms with Crippen LogP contribution in [0.15, 0.2) is 18.2 Å². The van der Waals surface area contributed by atoms with Crippen molar-refractivity contribution in [2.45, 2.75) is 50.4 Å². The Morgan fingerprint density at radius 3 is 2.27 bits per heavy atom. The Bertz CT molecular complexity index is 489. The summed E-state index contributed by atoms with van der Waals surface area (Å²) in [4.78, 5) is 0. The lowest BCUT2D eigenvalue weighted by Gasteiger charge is -2.31. The van der Waals surface area contributed by atoms with E-state index in [0.29, 0.717) is 12.8 Å². The highest BCUT2D eigenvalue weighted by molar-refractivity contribution is 5.85. The molecule has 0 radical (unpaired) electrons. The van der Waals surface area contributed by atoms with Crippen molar-refractivity contribution >= 4 is 12.4 Å². The standard InChI is InChI=1S/C15H19F4NO.ClH/c16-11-8-4-7-10(15(17,18)19)12(11)13(20)14(21)9-5-2-1-3-6-9;/h4,7-9,13-14,21H,1-3,5-6,20H2;1H/t13-,14+;/m1./s1. The second-order valence-corrected chi connectivity index (χ2v) is 5.61. The normalized spacial score (nSPS) is 19.4. The van der Waals surface area contributed by atoms with Crippen LogP contribution in [0.4, 0.5) is 17.6 Å². The highest BCUT2D eigenvalue weighted by Gasteiger charge is 2.39. The summed E-state index contributed by atoms with van der Waals surface area (Å²) in [7, 11) is 0. The number of benzene rings is 1. The molecular formula is C15H20ClF4NO. The van der Waals surface area contributed by atoms with Crippen molar-refractivity contribution in [3.63, 3.8) is 0 Å². The van der Waals surface area contributed by atoms with Crippen LogP contribution in [0.1, 0.15) is 49.3 Å². The molecule has 2 nitrogen and oxygen atoms in total. The van der Waals surface area contributed by atoms with Crippen molar-refractivity contribution in [3.8, 4) is 0 Å². The van der Waals surface area contributed by atoms with Crippen molar-refractivity contribution in [1.29, 1.82) is 0 Å². The summed E-state index contributed by atoms with van der Waals surface area (Å²) in [6.45, 7) is 0. The van der Waals surface area contributed by atoms with Gasteiger partial charge in [0.2, 0.25) is 0 Å². The zero-order chi connectivity index (χ0) is 15.6. The molecule has 0 aromatic heterocycles. The molecule has 0 saturated heterocycles. The smallest absolute Gasteiger partial charge is 0.391 e. The third kappa shape index (κ3) is 4.12. The fourth-order valence-corrected chi connectivity index (χ4v) is 3.06. The number of halogens is 5. The minimum atomic E-state index is -4.69. The first-order valence-corrected chi connectivity index (χ1v) is 7.11. The van der Waals surface area contributed by atoms with E-state index in [2.05, 4.69) is 0 Å². The van der Waals surface area contributed by atoms with Crippen LogP contribution in [-0.2, 0) is 6.18 Å². The first-order valence-electron chi connectivity index (χ1n) is 7.11. The second-order valence-electron chi connectivity index (χ2n) is 5.61. The van der Waals surface area contributed by atoms with E-state index in [1.54, 1.807) is 0 Å². The summed E-state index contributed by atoms with van der Waals surface area (Å²) in [5, 5.41) is 10.3. The van der Waals surface area contributed by atoms with Gasteiger partial charge in [0.05, 0.1) is 17.7 Å². The van der Waals surface area contributed by atoms with Gasteiger partial charge in [-0.1, -0.05) is 25.3 Å². The van der Waals surface area contributed by atoms with Gasteiger partial charge in [-0.15, -0.1) is 12.4 Å². The number of alkyl halides is 3. The molecule has 0 unspecified atom stereocenters. The summed E-state index contributed by atoms with van der Waals surface area (Å²) in [5.74, 6) is -1.19. The maximum Gasteiger partial charge on any atom is 0.416 e. The molecule has 1 aromatic rings. The van der Waals surface area contributed by atoms with E-state index < -0.39 is 35.3 Å².